The van der Waals surface area contributed by atoms with Crippen LogP contribution < -0.4 is 62.7 Å². The smallest absolute Gasteiger partial charge is 0.411 e. The third kappa shape index (κ3) is 16.1. The number of aromatic hydroxyl groups is 3. The van der Waals surface area contributed by atoms with Gasteiger partial charge in [0.25, 0.3) is 0 Å². The highest BCUT2D eigenvalue weighted by Crippen LogP contribution is 2.69. The Morgan fingerprint density at radius 1 is 0.526 bits per heavy atom. The summed E-state index contributed by atoms with van der Waals surface area (Å²) >= 11 is 7.64. The van der Waals surface area contributed by atoms with Crippen LogP contribution in [0.1, 0.15) is 219 Å². The molecule has 34 nitrogen and oxygen atoms in total. The molecule has 2 unspecified atom stereocenters. The molecule has 0 aromatic heterocycles. The number of rotatable bonds is 11. The van der Waals surface area contributed by atoms with Crippen LogP contribution in [0.4, 0.5) is 9.59 Å². The second kappa shape index (κ2) is 36.4. The minimum atomic E-state index is -1.52. The van der Waals surface area contributed by atoms with E-state index in [1.165, 1.54) is 65.8 Å². The Morgan fingerprint density at radius 2 is 0.940 bits per heavy atom. The predicted molar refractivity (Wildman–Crippen MR) is 481 cm³/mol. The molecule has 0 radical (unpaired) electrons. The van der Waals surface area contributed by atoms with E-state index in [-0.39, 0.29) is 120 Å². The molecule has 133 heavy (non-hydrogen) atoms. The molecule has 14 atom stereocenters. The Labute approximate surface area is 782 Å². The number of ether oxygens (including phenoxy) is 15. The normalized spacial score (nSPS) is 25.7. The number of aryl methyl sites for hydroxylation is 2. The third-order valence-electron chi connectivity index (χ3n) is 26.6. The number of nitriles is 2. The largest absolute Gasteiger partial charge is 0.504 e. The fourth-order valence-electron chi connectivity index (χ4n) is 21.6. The van der Waals surface area contributed by atoms with Crippen LogP contribution in [0.3, 0.4) is 0 Å². The highest BCUT2D eigenvalue weighted by atomic mass is 35.5. The third-order valence-corrected chi connectivity index (χ3v) is 29.7. The maximum atomic E-state index is 15.2. The summed E-state index contributed by atoms with van der Waals surface area (Å²) in [5, 5.41) is 63.5. The van der Waals surface area contributed by atoms with Crippen LogP contribution in [0, 0.1) is 50.4 Å². The average Bonchev–Trinajstić information content (AvgIpc) is 1.39. The number of thioether (sulfide) groups is 2. The molecule has 0 aliphatic carbocycles. The topological polar surface area (TPSA) is 420 Å². The summed E-state index contributed by atoms with van der Waals surface area (Å²) in [6.45, 7) is 24.0. The predicted octanol–water partition coefficient (Wildman–Crippen LogP) is 13.1. The monoisotopic (exact) mass is 1890 g/mol. The van der Waals surface area contributed by atoms with E-state index >= 15 is 4.79 Å². The van der Waals surface area contributed by atoms with E-state index in [9.17, 15) is 59.4 Å². The van der Waals surface area contributed by atoms with Gasteiger partial charge in [0.2, 0.25) is 18.8 Å². The van der Waals surface area contributed by atoms with Crippen LogP contribution >= 0.6 is 35.1 Å². The van der Waals surface area contributed by atoms with Crippen LogP contribution in [0.25, 0.3) is 0 Å². The Hall–Kier alpha value is -11.5. The summed E-state index contributed by atoms with van der Waals surface area (Å²) in [7, 11) is 5.83. The van der Waals surface area contributed by atoms with Gasteiger partial charge in [-0.05, 0) is 188 Å². The summed E-state index contributed by atoms with van der Waals surface area (Å²) in [4.78, 5) is 116. The van der Waals surface area contributed by atoms with E-state index in [0.717, 1.165) is 28.7 Å². The van der Waals surface area contributed by atoms with Gasteiger partial charge in [-0.25, -0.2) is 19.2 Å². The van der Waals surface area contributed by atoms with Gasteiger partial charge in [-0.1, -0.05) is 26.0 Å². The lowest BCUT2D eigenvalue weighted by atomic mass is 9.71. The van der Waals surface area contributed by atoms with Crippen molar-refractivity contribution in [1.29, 1.82) is 10.5 Å². The van der Waals surface area contributed by atoms with Crippen LogP contribution in [-0.4, -0.2) is 209 Å². The standard InChI is InChI=1S/C48H54N4O13S.C44H48N4O12S.C4H7ClO/c1-10-11-33(54)64-32-16-25-12-13-50-48(27(25)17-31(32)58-8)20-66-44-36-35(43-42(61-21-62-43)23(3)41(36)63-24(4)53)30(19-60-45(48)56)51-29(18-49)28-15-26-14-22(2)40(59-9)39(55)34(26)37(38(44)51)52(28)46(57)65-47(5,6)7;1-19-11-23-12-25-26(15-45)47-27-16-56-41(52)44(24-14-29(54-7)28(50)13-22(24)9-10-46-44)17-61-40(32-31(27)39-38(57-18-58-39)20(2)37(32)59-21(3)49)34(47)33(30(23)35(51)36(19)55-8)48(25)42(53)60-43(4,5)6;1-2-3-4(5)6/h14,16-17,28-30,37-38,44,50,55H,10-13,15,19-21H2,1-9H3;11,13-14,25-27,33-34,40,46,50-51H,9-10,12,16-18H2,1-8H3;2-3H2,1H3/t28-,29-,30-,37+,38?,44+,48+;25-,26-,27-,33+,34?,40+,44+;/m00./s1. The van der Waals surface area contributed by atoms with Gasteiger partial charge in [0.1, 0.15) is 48.0 Å². The molecule has 708 valence electrons. The fraction of sp³-hybridized carbons (Fsp3) is 0.521. The number of nitrogens with zero attached hydrogens (tertiary/aromatic N) is 6. The number of amides is 2. The van der Waals surface area contributed by atoms with E-state index in [0.29, 0.717) is 129 Å². The van der Waals surface area contributed by atoms with E-state index in [1.807, 2.05) is 49.6 Å². The highest BCUT2D eigenvalue weighted by molar-refractivity contribution is 7.99. The molecular formula is C96H109ClN8O26S2. The number of phenolic OH excluding ortho intramolecular Hbond substituents is 3. The van der Waals surface area contributed by atoms with Gasteiger partial charge in [-0.3, -0.25) is 49.4 Å². The number of phenols is 3. The molecule has 8 bridgehead atoms. The SMILES string of the molecule is CCCC(=O)Cl.CCCC(=O)Oc1cc2c(cc1OC)[C@@]1(CS[C@@H]3c4c(OC(C)=O)c(C)c5c(c4[C@H](COC1=O)N1C3[C@H]3c4c(cc(C)c(OC)c4O)C[C@@H]([C@@H]1C#N)N3C(=O)OC(C)(C)C)OCO5)NCC2.COc1cc2c(cc1O)CCN[C@]21CS[C@@H]2c3c(OC(C)=O)c(C)c4c(c3[C@H](COC1=O)N1C2[C@H]2c3c(cc(C)c(OC)c3O)C[C@@H]([C@@H]1C#N)N2C(=O)OC(C)(C)C)OCO4. The molecule has 6 aromatic rings. The molecule has 0 saturated carbocycles. The summed E-state index contributed by atoms with van der Waals surface area (Å²) < 4.78 is 90.9. The zero-order valence-corrected chi connectivity index (χ0v) is 79.7. The Bertz CT molecular complexity index is 5910. The quantitative estimate of drug-likeness (QED) is 0.0348. The Balaban J connectivity index is 0.000000183. The van der Waals surface area contributed by atoms with Crippen molar-refractivity contribution in [1.82, 2.24) is 30.2 Å². The molecule has 2 spiro atoms. The highest BCUT2D eigenvalue weighted by Gasteiger charge is 2.67. The van der Waals surface area contributed by atoms with Crippen molar-refractivity contribution in [3.05, 3.63) is 125 Å². The molecule has 2 amide bonds. The number of hydrogen-bond donors (Lipinski definition) is 5. The van der Waals surface area contributed by atoms with Crippen molar-refractivity contribution in [3.8, 4) is 92.6 Å². The number of carbonyl (C=O) groups is 8. The van der Waals surface area contributed by atoms with Gasteiger partial charge in [0.15, 0.2) is 80.1 Å². The lowest BCUT2D eigenvalue weighted by Gasteiger charge is -2.62. The number of nitrogens with one attached hydrogen (secondary N) is 2. The number of halogens is 1. The molecule has 5 N–H and O–H groups in total. The van der Waals surface area contributed by atoms with Crippen molar-refractivity contribution < 1.29 is 125 Å². The van der Waals surface area contributed by atoms with E-state index in [4.69, 9.17) is 82.7 Å². The van der Waals surface area contributed by atoms with E-state index in [2.05, 4.69) is 22.8 Å². The number of methoxy groups -OCH3 is 4. The summed E-state index contributed by atoms with van der Waals surface area (Å²) in [5.41, 5.74) is 4.54. The number of piperazine rings is 2. The van der Waals surface area contributed by atoms with E-state index in [1.54, 1.807) is 89.5 Å². The minimum absolute atomic E-state index is 0.00106. The summed E-state index contributed by atoms with van der Waals surface area (Å²) in [5.74, 6) is -0.115. The maximum absolute atomic E-state index is 15.2. The van der Waals surface area contributed by atoms with Gasteiger partial charge in [0.05, 0.1) is 99.4 Å². The maximum Gasteiger partial charge on any atom is 0.411 e. The first-order valence-electron chi connectivity index (χ1n) is 44.3. The lowest BCUT2D eigenvalue weighted by Crippen LogP contribution is -2.71. The number of hydrogen-bond acceptors (Lipinski definition) is 34. The second-order valence-electron chi connectivity index (χ2n) is 36.9. The van der Waals surface area contributed by atoms with Gasteiger partial charge >= 0.3 is 42.0 Å². The first-order valence-corrected chi connectivity index (χ1v) is 46.8. The number of carbonyl (C=O) groups excluding carboxylic acids is 8. The summed E-state index contributed by atoms with van der Waals surface area (Å²) in [6, 6.07) is 6.39. The Morgan fingerprint density at radius 3 is 1.32 bits per heavy atom. The molecular weight excluding hydrogens is 1780 g/mol. The number of fused-ring (bicyclic) bond motifs is 18. The molecule has 6 aromatic carbocycles. The molecule has 20 rings (SSSR count). The van der Waals surface area contributed by atoms with Crippen molar-refractivity contribution in [2.24, 2.45) is 0 Å². The van der Waals surface area contributed by atoms with Crippen LogP contribution in [0.2, 0.25) is 0 Å². The van der Waals surface area contributed by atoms with Crippen LogP contribution in [-0.2, 0) is 84.5 Å². The molecule has 37 heteroatoms. The van der Waals surface area contributed by atoms with Crippen molar-refractivity contribution >= 4 is 82.4 Å². The number of esters is 5. The lowest BCUT2D eigenvalue weighted by molar-refractivity contribution is -0.158. The van der Waals surface area contributed by atoms with E-state index < -0.39 is 135 Å². The molecule has 14 aliphatic heterocycles. The average molecular weight is 1890 g/mol. The van der Waals surface area contributed by atoms with Crippen molar-refractivity contribution in [2.75, 3.05) is 79.8 Å². The zero-order valence-electron chi connectivity index (χ0n) is 77.3. The molecule has 4 fully saturated rings. The minimum Gasteiger partial charge on any atom is -0.504 e. The van der Waals surface area contributed by atoms with Crippen molar-refractivity contribution in [2.45, 2.75) is 241 Å². The van der Waals surface area contributed by atoms with Crippen molar-refractivity contribution in [3.63, 3.8) is 0 Å². The molecule has 4 saturated heterocycles. The van der Waals surface area contributed by atoms with Crippen LogP contribution in [0.15, 0.2) is 36.4 Å². The summed E-state index contributed by atoms with van der Waals surface area (Å²) in [6.07, 6.45) is 2.14. The molecule has 14 heterocycles. The Kier molecular flexibility index (Phi) is 25.9. The number of benzene rings is 6. The molecule has 14 aliphatic rings. The van der Waals surface area contributed by atoms with Gasteiger partial charge in [0, 0.05) is 95.8 Å². The fourth-order valence-corrected chi connectivity index (χ4v) is 25.2. The van der Waals surface area contributed by atoms with Crippen LogP contribution in [0.5, 0.6) is 80.5 Å². The van der Waals surface area contributed by atoms with Gasteiger partial charge < -0.3 is 86.4 Å². The second-order valence-corrected chi connectivity index (χ2v) is 39.6. The first-order chi connectivity index (χ1) is 63.3. The van der Waals surface area contributed by atoms with Gasteiger partial charge in [-0.2, -0.15) is 10.5 Å². The zero-order chi connectivity index (χ0) is 95.6. The first kappa shape index (κ1) is 94.7. The van der Waals surface area contributed by atoms with Gasteiger partial charge in [-0.15, -0.1) is 23.5 Å².